The van der Waals surface area contributed by atoms with Crippen LogP contribution in [-0.4, -0.2) is 4.98 Å². The van der Waals surface area contributed by atoms with Crippen LogP contribution < -0.4 is 5.73 Å². The minimum Gasteiger partial charge on any atom is -0.398 e. The maximum atomic E-state index is 6.04. The van der Waals surface area contributed by atoms with E-state index in [1.807, 2.05) is 37.3 Å². The van der Waals surface area contributed by atoms with Gasteiger partial charge in [-0.3, -0.25) is 0 Å². The van der Waals surface area contributed by atoms with Crippen molar-refractivity contribution in [2.45, 2.75) is 16.8 Å². The minimum absolute atomic E-state index is 0.647. The highest BCUT2D eigenvalue weighted by molar-refractivity contribution is 7.99. The molecule has 4 heteroatoms. The number of nitrogens with two attached hydrogens (primary N) is 1. The molecule has 0 unspecified atom stereocenters. The zero-order valence-corrected chi connectivity index (χ0v) is 10.3. The molecule has 2 rings (SSSR count). The van der Waals surface area contributed by atoms with E-state index in [9.17, 15) is 0 Å². The van der Waals surface area contributed by atoms with Crippen LogP contribution in [0.25, 0.3) is 0 Å². The van der Waals surface area contributed by atoms with Crippen molar-refractivity contribution in [1.29, 1.82) is 0 Å². The van der Waals surface area contributed by atoms with Gasteiger partial charge in [-0.15, -0.1) is 0 Å². The maximum absolute atomic E-state index is 6.04. The lowest BCUT2D eigenvalue weighted by Gasteiger charge is -2.06. The Balaban J connectivity index is 2.34. The number of benzene rings is 1. The van der Waals surface area contributed by atoms with Gasteiger partial charge in [0.25, 0.3) is 0 Å². The molecule has 1 aromatic carbocycles. The van der Waals surface area contributed by atoms with Gasteiger partial charge in [-0.1, -0.05) is 29.4 Å². The molecule has 1 aromatic heterocycles. The third-order valence-corrected chi connectivity index (χ3v) is 3.61. The number of hydrogen-bond acceptors (Lipinski definition) is 3. The Labute approximate surface area is 104 Å². The van der Waals surface area contributed by atoms with Crippen molar-refractivity contribution in [3.63, 3.8) is 0 Å². The summed E-state index contributed by atoms with van der Waals surface area (Å²) < 4.78 is 0. The van der Waals surface area contributed by atoms with Gasteiger partial charge in [-0.05, 0) is 36.8 Å². The molecule has 0 aliphatic carbocycles. The van der Waals surface area contributed by atoms with Crippen LogP contribution in [-0.2, 0) is 0 Å². The first-order valence-electron chi connectivity index (χ1n) is 4.81. The first kappa shape index (κ1) is 11.3. The topological polar surface area (TPSA) is 38.9 Å². The van der Waals surface area contributed by atoms with E-state index < -0.39 is 0 Å². The zero-order valence-electron chi connectivity index (χ0n) is 8.77. The van der Waals surface area contributed by atoms with Crippen molar-refractivity contribution < 1.29 is 0 Å². The quantitative estimate of drug-likeness (QED) is 0.825. The first-order valence-corrected chi connectivity index (χ1v) is 6.01. The highest BCUT2D eigenvalue weighted by atomic mass is 35.5. The zero-order chi connectivity index (χ0) is 11.5. The Morgan fingerprint density at radius 2 is 2.12 bits per heavy atom. The third kappa shape index (κ3) is 2.49. The molecule has 0 atom stereocenters. The van der Waals surface area contributed by atoms with Crippen LogP contribution in [0.15, 0.2) is 46.5 Å². The normalized spacial score (nSPS) is 10.4. The summed E-state index contributed by atoms with van der Waals surface area (Å²) in [6, 6.07) is 9.55. The van der Waals surface area contributed by atoms with E-state index in [2.05, 4.69) is 4.98 Å². The molecule has 0 bridgehead atoms. The molecule has 16 heavy (non-hydrogen) atoms. The van der Waals surface area contributed by atoms with Crippen LogP contribution in [0.5, 0.6) is 0 Å². The van der Waals surface area contributed by atoms with Crippen LogP contribution in [0.4, 0.5) is 5.69 Å². The summed E-state index contributed by atoms with van der Waals surface area (Å²) in [5.74, 6) is 0. The molecule has 0 fully saturated rings. The largest absolute Gasteiger partial charge is 0.398 e. The second kappa shape index (κ2) is 4.76. The van der Waals surface area contributed by atoms with Crippen LogP contribution in [0.2, 0.25) is 5.02 Å². The van der Waals surface area contributed by atoms with Crippen LogP contribution in [0.3, 0.4) is 0 Å². The van der Waals surface area contributed by atoms with Crippen LogP contribution in [0.1, 0.15) is 5.56 Å². The van der Waals surface area contributed by atoms with Gasteiger partial charge in [0.2, 0.25) is 0 Å². The minimum atomic E-state index is 0.647. The number of anilines is 1. The van der Waals surface area contributed by atoms with E-state index >= 15 is 0 Å². The van der Waals surface area contributed by atoms with Crippen LogP contribution in [0, 0.1) is 6.92 Å². The summed E-state index contributed by atoms with van der Waals surface area (Å²) in [5, 5.41) is 1.43. The maximum Gasteiger partial charge on any atom is 0.119 e. The number of nitrogens with zero attached hydrogens (tertiary/aromatic N) is 1. The fourth-order valence-corrected chi connectivity index (χ4v) is 2.44. The second-order valence-corrected chi connectivity index (χ2v) is 4.87. The van der Waals surface area contributed by atoms with Crippen molar-refractivity contribution in [3.8, 4) is 0 Å². The predicted molar refractivity (Wildman–Crippen MR) is 69.0 cm³/mol. The lowest BCUT2D eigenvalue weighted by Crippen LogP contribution is -1.90. The lowest BCUT2D eigenvalue weighted by molar-refractivity contribution is 1.13. The number of nitrogen functional groups attached to an aromatic ring is 1. The van der Waals surface area contributed by atoms with Crippen LogP contribution >= 0.6 is 23.4 Å². The van der Waals surface area contributed by atoms with Gasteiger partial charge in [-0.25, -0.2) is 4.98 Å². The van der Waals surface area contributed by atoms with E-state index in [0.717, 1.165) is 15.6 Å². The summed E-state index contributed by atoms with van der Waals surface area (Å²) in [5.41, 5.74) is 7.81. The number of hydrogen-bond donors (Lipinski definition) is 1. The van der Waals surface area contributed by atoms with E-state index in [-0.39, 0.29) is 0 Å². The summed E-state index contributed by atoms with van der Waals surface area (Å²) >= 11 is 7.53. The lowest BCUT2D eigenvalue weighted by atomic mass is 10.2. The van der Waals surface area contributed by atoms with Gasteiger partial charge < -0.3 is 5.73 Å². The van der Waals surface area contributed by atoms with Crippen molar-refractivity contribution in [3.05, 3.63) is 47.1 Å². The molecule has 0 saturated carbocycles. The molecule has 82 valence electrons. The predicted octanol–water partition coefficient (Wildman–Crippen LogP) is 3.78. The average Bonchev–Trinajstić information content (AvgIpc) is 2.27. The molecular weight excluding hydrogens is 240 g/mol. The molecule has 0 radical (unpaired) electrons. The summed E-state index contributed by atoms with van der Waals surface area (Å²) in [7, 11) is 0. The summed E-state index contributed by atoms with van der Waals surface area (Å²) in [6.45, 7) is 2.03. The Morgan fingerprint density at radius 3 is 2.88 bits per heavy atom. The number of pyridine rings is 1. The highest BCUT2D eigenvalue weighted by Crippen LogP contribution is 2.34. The van der Waals surface area contributed by atoms with Gasteiger partial charge in [0.05, 0.1) is 5.02 Å². The van der Waals surface area contributed by atoms with E-state index in [4.69, 9.17) is 17.3 Å². The standard InChI is InChI=1S/C12H11ClN2S/c1-8-4-5-10(14)11(7-8)16-12-9(13)3-2-6-15-12/h2-7H,14H2,1H3. The molecule has 0 saturated heterocycles. The monoisotopic (exact) mass is 250 g/mol. The Kier molecular flexibility index (Phi) is 3.36. The molecule has 2 N–H and O–H groups in total. The summed E-state index contributed by atoms with van der Waals surface area (Å²) in [6.07, 6.45) is 1.72. The van der Waals surface area contributed by atoms with Crippen molar-refractivity contribution in [1.82, 2.24) is 4.98 Å². The molecule has 0 amide bonds. The van der Waals surface area contributed by atoms with E-state index in [0.29, 0.717) is 5.02 Å². The summed E-state index contributed by atoms with van der Waals surface area (Å²) in [4.78, 5) is 5.21. The molecular formula is C12H11ClN2S. The van der Waals surface area contributed by atoms with Crippen molar-refractivity contribution >= 4 is 29.1 Å². The smallest absolute Gasteiger partial charge is 0.119 e. The Morgan fingerprint density at radius 1 is 1.31 bits per heavy atom. The first-order chi connectivity index (χ1) is 7.66. The highest BCUT2D eigenvalue weighted by Gasteiger charge is 2.06. The second-order valence-electron chi connectivity index (χ2n) is 3.43. The van der Waals surface area contributed by atoms with Gasteiger partial charge in [0, 0.05) is 16.8 Å². The van der Waals surface area contributed by atoms with Crippen molar-refractivity contribution in [2.75, 3.05) is 5.73 Å². The molecule has 2 aromatic rings. The van der Waals surface area contributed by atoms with Gasteiger partial charge in [-0.2, -0.15) is 0 Å². The number of aromatic nitrogens is 1. The molecule has 1 heterocycles. The van der Waals surface area contributed by atoms with E-state index in [1.165, 1.54) is 17.3 Å². The average molecular weight is 251 g/mol. The number of aryl methyl sites for hydroxylation is 1. The number of rotatable bonds is 2. The Hall–Kier alpha value is -1.19. The molecule has 0 aliphatic heterocycles. The van der Waals surface area contributed by atoms with Gasteiger partial charge in [0.1, 0.15) is 5.03 Å². The molecule has 0 spiro atoms. The molecule has 0 aliphatic rings. The Bertz CT molecular complexity index is 514. The van der Waals surface area contributed by atoms with Gasteiger partial charge >= 0.3 is 0 Å². The third-order valence-electron chi connectivity index (χ3n) is 2.10. The van der Waals surface area contributed by atoms with E-state index in [1.54, 1.807) is 6.20 Å². The van der Waals surface area contributed by atoms with Crippen molar-refractivity contribution in [2.24, 2.45) is 0 Å². The SMILES string of the molecule is Cc1ccc(N)c(Sc2ncccc2Cl)c1. The number of halogens is 1. The molecule has 2 nitrogen and oxygen atoms in total. The fraction of sp³-hybridized carbons (Fsp3) is 0.0833. The van der Waals surface area contributed by atoms with Gasteiger partial charge in [0.15, 0.2) is 0 Å². The fourth-order valence-electron chi connectivity index (χ4n) is 1.28.